The molecule has 1 aromatic rings. The number of sulfone groups is 1. The summed E-state index contributed by atoms with van der Waals surface area (Å²) in [5.41, 5.74) is 0.896. The Kier molecular flexibility index (Phi) is 8.66. The van der Waals surface area contributed by atoms with Crippen LogP contribution in [0, 0.1) is 0 Å². The van der Waals surface area contributed by atoms with E-state index in [4.69, 9.17) is 5.11 Å². The molecule has 12 heteroatoms. The van der Waals surface area contributed by atoms with Gasteiger partial charge in [-0.2, -0.15) is 0 Å². The van der Waals surface area contributed by atoms with Crippen LogP contribution in [0.5, 0.6) is 0 Å². The average Bonchev–Trinajstić information content (AvgIpc) is 2.60. The van der Waals surface area contributed by atoms with E-state index in [1.54, 1.807) is 19.1 Å². The Balaban J connectivity index is 0.000000387. The molecule has 27 heavy (non-hydrogen) atoms. The monoisotopic (exact) mass is 422 g/mol. The zero-order valence-corrected chi connectivity index (χ0v) is 16.5. The average molecular weight is 422 g/mol. The lowest BCUT2D eigenvalue weighted by Crippen LogP contribution is -2.36. The van der Waals surface area contributed by atoms with E-state index in [0.717, 1.165) is 18.4 Å². The Labute approximate surface area is 159 Å². The van der Waals surface area contributed by atoms with Crippen molar-refractivity contribution in [1.29, 1.82) is 0 Å². The summed E-state index contributed by atoms with van der Waals surface area (Å²) in [7, 11) is -6.18. The van der Waals surface area contributed by atoms with Crippen molar-refractivity contribution in [2.75, 3.05) is 19.3 Å². The Morgan fingerprint density at radius 2 is 1.78 bits per heavy atom. The number of piperidine rings is 1. The van der Waals surface area contributed by atoms with Crippen molar-refractivity contribution in [2.24, 2.45) is 0 Å². The molecule has 0 aliphatic carbocycles. The molecule has 0 bridgehead atoms. The fourth-order valence-corrected chi connectivity index (χ4v) is 3.88. The molecule has 2 rings (SSSR count). The zero-order chi connectivity index (χ0) is 20.6. The van der Waals surface area contributed by atoms with Gasteiger partial charge in [0, 0.05) is 26.3 Å². The zero-order valence-electron chi connectivity index (χ0n) is 14.8. The molecule has 1 amide bonds. The van der Waals surface area contributed by atoms with Crippen LogP contribution in [-0.4, -0.2) is 58.2 Å². The molecule has 0 unspecified atom stereocenters. The van der Waals surface area contributed by atoms with Crippen LogP contribution in [0.2, 0.25) is 0 Å². The number of hydrogen-bond donors (Lipinski definition) is 3. The van der Waals surface area contributed by atoms with E-state index in [9.17, 15) is 26.4 Å². The van der Waals surface area contributed by atoms with E-state index in [-0.39, 0.29) is 11.8 Å². The van der Waals surface area contributed by atoms with Crippen LogP contribution < -0.4 is 4.89 Å². The summed E-state index contributed by atoms with van der Waals surface area (Å²) >= 11 is 0. The minimum Gasteiger partial charge on any atom is -0.448 e. The summed E-state index contributed by atoms with van der Waals surface area (Å²) in [6.07, 6.45) is 1.21. The fourth-order valence-electron chi connectivity index (χ4n) is 2.74. The number of carbonyl (C=O) groups excluding carboxylic acids is 1. The second kappa shape index (κ2) is 10.2. The first kappa shape index (κ1) is 22.9. The lowest BCUT2D eigenvalue weighted by Gasteiger charge is -2.32. The highest BCUT2D eigenvalue weighted by Crippen LogP contribution is 2.32. The number of carboxylic acid groups (broad SMARTS) is 1. The highest BCUT2D eigenvalue weighted by Gasteiger charge is 2.25. The van der Waals surface area contributed by atoms with Crippen molar-refractivity contribution >= 4 is 32.8 Å². The van der Waals surface area contributed by atoms with Gasteiger partial charge in [-0.1, -0.05) is 18.2 Å². The Hall–Kier alpha value is -2.18. The molecule has 0 spiro atoms. The molecule has 2 N–H and O–H groups in total. The van der Waals surface area contributed by atoms with E-state index < -0.39 is 26.9 Å². The smallest absolute Gasteiger partial charge is 0.448 e. The van der Waals surface area contributed by atoms with Crippen LogP contribution in [0.4, 0.5) is 4.79 Å². The summed E-state index contributed by atoms with van der Waals surface area (Å²) in [5.74, 6) is 0.316. The van der Waals surface area contributed by atoms with Crippen molar-refractivity contribution in [3.8, 4) is 0 Å². The van der Waals surface area contributed by atoms with Gasteiger partial charge in [0.25, 0.3) is 0 Å². The SMILES string of the molecule is CC(=O)N1CCC(c2ccccc2S(C)(=O)=O)CC1.O=C(O)ON[SH](=O)=O. The first-order chi connectivity index (χ1) is 12.5. The first-order valence-corrected chi connectivity index (χ1v) is 10.9. The van der Waals surface area contributed by atoms with Crippen LogP contribution in [0.3, 0.4) is 0 Å². The third-order valence-corrected chi connectivity index (χ3v) is 5.32. The molecule has 0 radical (unpaired) electrons. The lowest BCUT2D eigenvalue weighted by molar-refractivity contribution is -0.129. The standard InChI is InChI=1S/C14H19NO3S.CH3NO5S/c1-11(16)15-9-7-12(8-10-15)13-5-3-4-6-14(13)19(2,17)18;3-1(4)7-2-8(5)6/h3-6,12H,7-10H2,1-2H3;8H,(H,3,4)(H,2,5,6). The van der Waals surface area contributed by atoms with Crippen molar-refractivity contribution in [2.45, 2.75) is 30.6 Å². The van der Waals surface area contributed by atoms with Gasteiger partial charge >= 0.3 is 6.16 Å². The minimum absolute atomic E-state index is 0.0925. The maximum atomic E-state index is 11.8. The first-order valence-electron chi connectivity index (χ1n) is 7.86. The van der Waals surface area contributed by atoms with E-state index in [0.29, 0.717) is 18.0 Å². The number of amides is 1. The van der Waals surface area contributed by atoms with Gasteiger partial charge in [-0.05, 0) is 35.3 Å². The molecular weight excluding hydrogens is 400 g/mol. The van der Waals surface area contributed by atoms with Crippen LogP contribution in [0.1, 0.15) is 31.2 Å². The van der Waals surface area contributed by atoms with Gasteiger partial charge in [-0.25, -0.2) is 21.6 Å². The van der Waals surface area contributed by atoms with Gasteiger partial charge < -0.3 is 14.8 Å². The quantitative estimate of drug-likeness (QED) is 0.470. The van der Waals surface area contributed by atoms with Gasteiger partial charge in [0.15, 0.2) is 9.84 Å². The van der Waals surface area contributed by atoms with Crippen LogP contribution in [-0.2, 0) is 30.4 Å². The Morgan fingerprint density at radius 3 is 2.19 bits per heavy atom. The predicted molar refractivity (Wildman–Crippen MR) is 96.3 cm³/mol. The van der Waals surface area contributed by atoms with Gasteiger partial charge in [0.2, 0.25) is 16.8 Å². The van der Waals surface area contributed by atoms with Crippen LogP contribution in [0.15, 0.2) is 29.2 Å². The second-order valence-electron chi connectivity index (χ2n) is 5.81. The largest absolute Gasteiger partial charge is 0.526 e. The molecule has 1 aromatic carbocycles. The summed E-state index contributed by atoms with van der Waals surface area (Å²) in [6.45, 7) is 2.99. The van der Waals surface area contributed by atoms with Crippen molar-refractivity contribution < 1.29 is 36.4 Å². The maximum absolute atomic E-state index is 11.8. The van der Waals surface area contributed by atoms with Crippen LogP contribution >= 0.6 is 0 Å². The Bertz CT molecular complexity index is 835. The van der Waals surface area contributed by atoms with Gasteiger partial charge in [-0.15, -0.1) is 0 Å². The summed E-state index contributed by atoms with van der Waals surface area (Å²) in [5, 5.41) is 7.61. The van der Waals surface area contributed by atoms with Crippen molar-refractivity contribution in [1.82, 2.24) is 9.79 Å². The molecule has 1 heterocycles. The third-order valence-electron chi connectivity index (χ3n) is 3.91. The van der Waals surface area contributed by atoms with Crippen LogP contribution in [0.25, 0.3) is 0 Å². The maximum Gasteiger partial charge on any atom is 0.526 e. The summed E-state index contributed by atoms with van der Waals surface area (Å²) in [6, 6.07) is 7.19. The number of nitrogens with one attached hydrogen (secondary N) is 1. The number of rotatable bonds is 4. The second-order valence-corrected chi connectivity index (χ2v) is 8.49. The topological polar surface area (TPSA) is 147 Å². The molecule has 1 aliphatic heterocycles. The molecule has 0 aromatic heterocycles. The van der Waals surface area contributed by atoms with E-state index >= 15 is 0 Å². The lowest BCUT2D eigenvalue weighted by atomic mass is 9.89. The number of thiol groups is 1. The van der Waals surface area contributed by atoms with Crippen molar-refractivity contribution in [3.05, 3.63) is 29.8 Å². The molecule has 0 saturated carbocycles. The summed E-state index contributed by atoms with van der Waals surface area (Å²) < 4.78 is 42.5. The highest BCUT2D eigenvalue weighted by molar-refractivity contribution is 7.90. The number of nitrogens with zero attached hydrogens (tertiary/aromatic N) is 1. The summed E-state index contributed by atoms with van der Waals surface area (Å²) in [4.78, 5) is 27.5. The molecule has 1 aliphatic rings. The Morgan fingerprint density at radius 1 is 1.22 bits per heavy atom. The van der Waals surface area contributed by atoms with E-state index in [1.165, 1.54) is 11.1 Å². The van der Waals surface area contributed by atoms with Gasteiger partial charge in [0.05, 0.1) is 4.90 Å². The van der Waals surface area contributed by atoms with Gasteiger partial charge in [-0.3, -0.25) is 4.79 Å². The normalized spacial score (nSPS) is 15.0. The van der Waals surface area contributed by atoms with E-state index in [1.807, 2.05) is 17.0 Å². The number of carbonyl (C=O) groups is 2. The molecule has 1 saturated heterocycles. The molecular formula is C15H22N2O8S2. The minimum atomic E-state index is -3.19. The number of likely N-dealkylation sites (tertiary alicyclic amines) is 1. The predicted octanol–water partition coefficient (Wildman–Crippen LogP) is 0.528. The highest BCUT2D eigenvalue weighted by atomic mass is 32.2. The molecule has 152 valence electrons. The van der Waals surface area contributed by atoms with E-state index in [2.05, 4.69) is 4.84 Å². The fraction of sp³-hybridized carbons (Fsp3) is 0.467. The van der Waals surface area contributed by atoms with Gasteiger partial charge in [0.1, 0.15) is 0 Å². The molecule has 10 nitrogen and oxygen atoms in total. The number of hydrogen-bond acceptors (Lipinski definition) is 7. The third kappa shape index (κ3) is 7.93. The number of benzene rings is 1. The molecule has 0 atom stereocenters. The van der Waals surface area contributed by atoms with Crippen molar-refractivity contribution in [3.63, 3.8) is 0 Å². The molecule has 1 fully saturated rings.